The minimum Gasteiger partial charge on any atom is -0.465 e. The van der Waals surface area contributed by atoms with Gasteiger partial charge in [-0.1, -0.05) is 41.7 Å². The third kappa shape index (κ3) is 4.54. The molecular formula is C27H20N2O7S. The largest absolute Gasteiger partial charge is 0.465 e. The molecule has 0 aliphatic carbocycles. The van der Waals surface area contributed by atoms with E-state index in [1.54, 1.807) is 31.2 Å². The van der Waals surface area contributed by atoms with Gasteiger partial charge in [-0.25, -0.2) is 9.59 Å². The predicted molar refractivity (Wildman–Crippen MR) is 138 cm³/mol. The molecule has 0 N–H and O–H groups in total. The highest BCUT2D eigenvalue weighted by molar-refractivity contribution is 7.16. The summed E-state index contributed by atoms with van der Waals surface area (Å²) in [7, 11) is 1.28. The van der Waals surface area contributed by atoms with Gasteiger partial charge in [0, 0.05) is 5.39 Å². The number of carbonyl (C=O) groups is 3. The van der Waals surface area contributed by atoms with Crippen molar-refractivity contribution in [1.29, 1.82) is 0 Å². The summed E-state index contributed by atoms with van der Waals surface area (Å²) in [5.74, 6) is -1.87. The van der Waals surface area contributed by atoms with Crippen LogP contribution in [-0.2, 0) is 20.8 Å². The number of benzene rings is 3. The van der Waals surface area contributed by atoms with Crippen molar-refractivity contribution in [2.75, 3.05) is 13.7 Å². The Morgan fingerprint density at radius 3 is 2.62 bits per heavy atom. The maximum atomic E-state index is 13.3. The first kappa shape index (κ1) is 24.1. The van der Waals surface area contributed by atoms with Crippen LogP contribution >= 0.6 is 11.3 Å². The van der Waals surface area contributed by atoms with Gasteiger partial charge >= 0.3 is 17.6 Å². The van der Waals surface area contributed by atoms with E-state index in [-0.39, 0.29) is 23.5 Å². The molecule has 0 saturated heterocycles. The van der Waals surface area contributed by atoms with Crippen molar-refractivity contribution in [2.45, 2.75) is 13.5 Å². The van der Waals surface area contributed by atoms with Crippen LogP contribution in [0, 0.1) is 0 Å². The fourth-order valence-corrected chi connectivity index (χ4v) is 5.13. The van der Waals surface area contributed by atoms with Crippen LogP contribution in [0.25, 0.3) is 32.0 Å². The van der Waals surface area contributed by atoms with Crippen LogP contribution in [-0.4, -0.2) is 36.1 Å². The van der Waals surface area contributed by atoms with Gasteiger partial charge in [0.25, 0.3) is 5.91 Å². The average Bonchev–Trinajstić information content (AvgIpc) is 3.23. The number of thiazole rings is 1. The van der Waals surface area contributed by atoms with Crippen LogP contribution in [0.15, 0.2) is 74.9 Å². The Labute approximate surface area is 213 Å². The monoisotopic (exact) mass is 516 g/mol. The van der Waals surface area contributed by atoms with Crippen molar-refractivity contribution in [2.24, 2.45) is 4.99 Å². The summed E-state index contributed by atoms with van der Waals surface area (Å²) in [4.78, 5) is 54.6. The van der Waals surface area contributed by atoms with Crippen LogP contribution in [0.4, 0.5) is 0 Å². The lowest BCUT2D eigenvalue weighted by Gasteiger charge is -2.06. The molecule has 186 valence electrons. The molecule has 10 heteroatoms. The van der Waals surface area contributed by atoms with Gasteiger partial charge in [0.1, 0.15) is 17.7 Å². The van der Waals surface area contributed by atoms with E-state index in [0.717, 1.165) is 22.1 Å². The maximum absolute atomic E-state index is 13.3. The third-order valence-corrected chi connectivity index (χ3v) is 6.81. The molecule has 0 aliphatic rings. The quantitative estimate of drug-likeness (QED) is 0.196. The van der Waals surface area contributed by atoms with Gasteiger partial charge in [0.2, 0.25) is 0 Å². The summed E-state index contributed by atoms with van der Waals surface area (Å²) in [6, 6.07) is 17.3. The predicted octanol–water partition coefficient (Wildman–Crippen LogP) is 4.05. The number of hydrogen-bond acceptors (Lipinski definition) is 8. The molecule has 2 aromatic heterocycles. The number of fused-ring (bicyclic) bond motifs is 4. The zero-order valence-corrected chi connectivity index (χ0v) is 20.7. The Morgan fingerprint density at radius 2 is 1.84 bits per heavy atom. The molecule has 0 atom stereocenters. The molecule has 5 aromatic rings. The van der Waals surface area contributed by atoms with Crippen molar-refractivity contribution in [3.63, 3.8) is 0 Å². The summed E-state index contributed by atoms with van der Waals surface area (Å²) in [6.45, 7) is 1.66. The van der Waals surface area contributed by atoms with Crippen LogP contribution in [0.1, 0.15) is 27.6 Å². The molecular weight excluding hydrogens is 496 g/mol. The molecule has 0 spiro atoms. The molecule has 9 nitrogen and oxygen atoms in total. The maximum Gasteiger partial charge on any atom is 0.349 e. The molecule has 0 saturated carbocycles. The van der Waals surface area contributed by atoms with E-state index in [1.807, 2.05) is 30.3 Å². The molecule has 0 unspecified atom stereocenters. The van der Waals surface area contributed by atoms with Crippen LogP contribution < -0.4 is 10.4 Å². The van der Waals surface area contributed by atoms with Crippen molar-refractivity contribution in [3.05, 3.63) is 87.0 Å². The molecule has 3 aromatic carbocycles. The zero-order chi connectivity index (χ0) is 26.1. The van der Waals surface area contributed by atoms with Crippen LogP contribution in [0.2, 0.25) is 0 Å². The number of ether oxygens (including phenoxy) is 2. The lowest BCUT2D eigenvalue weighted by molar-refractivity contribution is -0.143. The summed E-state index contributed by atoms with van der Waals surface area (Å²) in [6.07, 6.45) is 0. The Morgan fingerprint density at radius 1 is 1.03 bits per heavy atom. The first-order valence-corrected chi connectivity index (χ1v) is 12.1. The van der Waals surface area contributed by atoms with E-state index in [4.69, 9.17) is 13.9 Å². The molecule has 37 heavy (non-hydrogen) atoms. The second-order valence-electron chi connectivity index (χ2n) is 8.01. The lowest BCUT2D eigenvalue weighted by Crippen LogP contribution is -2.24. The third-order valence-electron chi connectivity index (χ3n) is 5.77. The normalized spacial score (nSPS) is 11.8. The molecule has 0 fully saturated rings. The first-order valence-electron chi connectivity index (χ1n) is 11.3. The minimum atomic E-state index is -0.819. The topological polar surface area (TPSA) is 117 Å². The molecule has 0 bridgehead atoms. The van der Waals surface area contributed by atoms with E-state index in [9.17, 15) is 19.2 Å². The second-order valence-corrected chi connectivity index (χ2v) is 9.02. The summed E-state index contributed by atoms with van der Waals surface area (Å²) < 4.78 is 17.4. The van der Waals surface area contributed by atoms with Gasteiger partial charge in [0.15, 0.2) is 4.80 Å². The number of carbonyl (C=O) groups excluding carboxylic acids is 3. The Hall–Kier alpha value is -4.57. The van der Waals surface area contributed by atoms with Crippen molar-refractivity contribution in [3.8, 4) is 0 Å². The van der Waals surface area contributed by atoms with E-state index < -0.39 is 23.5 Å². The summed E-state index contributed by atoms with van der Waals surface area (Å²) in [5.41, 5.74) is 0.171. The van der Waals surface area contributed by atoms with Gasteiger partial charge < -0.3 is 18.5 Å². The number of rotatable bonds is 5. The highest BCUT2D eigenvalue weighted by Gasteiger charge is 2.18. The molecule has 5 rings (SSSR count). The summed E-state index contributed by atoms with van der Waals surface area (Å²) >= 11 is 1.09. The number of methoxy groups -OCH3 is 1. The van der Waals surface area contributed by atoms with Gasteiger partial charge in [-0.3, -0.25) is 9.59 Å². The lowest BCUT2D eigenvalue weighted by atomic mass is 10.0. The Bertz CT molecular complexity index is 1850. The smallest absolute Gasteiger partial charge is 0.349 e. The fraction of sp³-hybridized carbons (Fsp3) is 0.148. The summed E-state index contributed by atoms with van der Waals surface area (Å²) in [5, 5.41) is 2.36. The molecule has 0 radical (unpaired) electrons. The van der Waals surface area contributed by atoms with Gasteiger partial charge in [-0.15, -0.1) is 0 Å². The fourth-order valence-electron chi connectivity index (χ4n) is 4.06. The number of hydrogen-bond donors (Lipinski definition) is 0. The van der Waals surface area contributed by atoms with Gasteiger partial charge in [-0.2, -0.15) is 4.99 Å². The van der Waals surface area contributed by atoms with E-state index >= 15 is 0 Å². The van der Waals surface area contributed by atoms with Crippen LogP contribution in [0.5, 0.6) is 0 Å². The molecule has 0 aliphatic heterocycles. The number of nitrogens with zero attached hydrogens (tertiary/aromatic N) is 2. The van der Waals surface area contributed by atoms with E-state index in [1.165, 1.54) is 17.7 Å². The average molecular weight is 517 g/mol. The van der Waals surface area contributed by atoms with Crippen molar-refractivity contribution < 1.29 is 28.3 Å². The zero-order valence-electron chi connectivity index (χ0n) is 19.8. The Kier molecular flexibility index (Phi) is 6.41. The second kappa shape index (κ2) is 9.82. The van der Waals surface area contributed by atoms with E-state index in [2.05, 4.69) is 4.99 Å². The minimum absolute atomic E-state index is 0.160. The van der Waals surface area contributed by atoms with Gasteiger partial charge in [0.05, 0.1) is 29.5 Å². The van der Waals surface area contributed by atoms with Crippen molar-refractivity contribution in [1.82, 2.24) is 4.57 Å². The highest BCUT2D eigenvalue weighted by atomic mass is 32.1. The number of aromatic nitrogens is 1. The SMILES string of the molecule is CCOC(=O)Cn1c(=NC(=O)c2cc3c(ccc4ccccc43)oc2=O)sc2cc(C(=O)OC)ccc21. The standard InChI is InChI=1S/C27H20N2O7S/c1-3-35-23(30)14-29-20-10-8-16(25(32)34-2)12-22(20)37-27(29)28-24(31)19-13-18-17-7-5-4-6-15(17)9-11-21(18)36-26(19)33/h4-13H,3,14H2,1-2H3. The Balaban J connectivity index is 1.67. The van der Waals surface area contributed by atoms with Crippen molar-refractivity contribution >= 4 is 61.1 Å². The first-order chi connectivity index (χ1) is 17.9. The van der Waals surface area contributed by atoms with Crippen LogP contribution in [0.3, 0.4) is 0 Å². The molecule has 2 heterocycles. The van der Waals surface area contributed by atoms with Gasteiger partial charge in [-0.05, 0) is 48.0 Å². The molecule has 1 amide bonds. The number of esters is 2. The highest BCUT2D eigenvalue weighted by Crippen LogP contribution is 2.25. The van der Waals surface area contributed by atoms with E-state index in [0.29, 0.717) is 26.7 Å². The number of amides is 1.